The lowest BCUT2D eigenvalue weighted by Gasteiger charge is -2.21. The Balaban J connectivity index is 1.31. The Hall–Kier alpha value is -2.95. The maximum atomic E-state index is 13.1. The number of esters is 1. The first-order valence-corrected chi connectivity index (χ1v) is 12.7. The van der Waals surface area contributed by atoms with Crippen molar-refractivity contribution in [3.8, 4) is 0 Å². The van der Waals surface area contributed by atoms with Gasteiger partial charge in [0.1, 0.15) is 11.8 Å². The lowest BCUT2D eigenvalue weighted by Crippen LogP contribution is -2.48. The smallest absolute Gasteiger partial charge is 0.302 e. The normalized spacial score (nSPS) is 22.1. The maximum absolute atomic E-state index is 13.1. The zero-order valence-electron chi connectivity index (χ0n) is 19.4. The van der Waals surface area contributed by atoms with Crippen LogP contribution in [0, 0.1) is 0 Å². The highest BCUT2D eigenvalue weighted by Crippen LogP contribution is 2.27. The third-order valence-electron chi connectivity index (χ3n) is 6.43. The van der Waals surface area contributed by atoms with Gasteiger partial charge in [0.15, 0.2) is 5.01 Å². The fourth-order valence-electron chi connectivity index (χ4n) is 4.76. The monoisotopic (exact) mass is 515 g/mol. The lowest BCUT2D eigenvalue weighted by molar-refractivity contribution is -0.146. The Morgan fingerprint density at radius 2 is 1.91 bits per heavy atom. The van der Waals surface area contributed by atoms with E-state index in [2.05, 4.69) is 25.5 Å². The van der Waals surface area contributed by atoms with E-state index in [0.717, 1.165) is 41.0 Å². The minimum Gasteiger partial charge on any atom is -0.462 e. The fraction of sp³-hybridized carbons (Fsp3) is 0.417. The van der Waals surface area contributed by atoms with Crippen LogP contribution in [0.5, 0.6) is 0 Å². The van der Waals surface area contributed by atoms with Gasteiger partial charge in [0.25, 0.3) is 11.8 Å². The average Bonchev–Trinajstić information content (AvgIpc) is 3.49. The molecule has 3 heterocycles. The third kappa shape index (κ3) is 5.19. The molecule has 1 aliphatic carbocycles. The van der Waals surface area contributed by atoms with E-state index in [1.165, 1.54) is 18.3 Å². The van der Waals surface area contributed by atoms with Crippen LogP contribution in [-0.4, -0.2) is 64.4 Å². The van der Waals surface area contributed by atoms with Crippen LogP contribution in [0.4, 0.5) is 0 Å². The van der Waals surface area contributed by atoms with Crippen LogP contribution in [-0.2, 0) is 22.5 Å². The van der Waals surface area contributed by atoms with Gasteiger partial charge in [-0.05, 0) is 31.3 Å². The molecule has 1 saturated carbocycles. The molecule has 0 spiro atoms. The van der Waals surface area contributed by atoms with Gasteiger partial charge in [-0.1, -0.05) is 11.6 Å². The highest BCUT2D eigenvalue weighted by Gasteiger charge is 2.39. The van der Waals surface area contributed by atoms with Crippen LogP contribution in [0.2, 0.25) is 5.02 Å². The number of amides is 2. The van der Waals surface area contributed by atoms with Gasteiger partial charge in [0.2, 0.25) is 0 Å². The molecule has 11 heteroatoms. The number of rotatable bonds is 5. The van der Waals surface area contributed by atoms with Gasteiger partial charge in [-0.15, -0.1) is 11.3 Å². The zero-order valence-corrected chi connectivity index (χ0v) is 21.0. The number of benzene rings is 1. The molecular formula is C24H26ClN5O4S. The number of aromatic nitrogens is 2. The summed E-state index contributed by atoms with van der Waals surface area (Å²) >= 11 is 7.46. The number of halogens is 1. The first-order chi connectivity index (χ1) is 16.7. The molecule has 0 radical (unpaired) electrons. The number of nitrogens with zero attached hydrogens (tertiary/aromatic N) is 2. The van der Waals surface area contributed by atoms with Crippen LogP contribution in [0.3, 0.4) is 0 Å². The summed E-state index contributed by atoms with van der Waals surface area (Å²) in [5.41, 5.74) is 2.17. The zero-order chi connectivity index (χ0) is 24.7. The SMILES string of the molecule is CC(=O)OC1CC(NC(=O)c2cc3cc(Cl)ccc3[nH]2)C(NC(=O)c2nc3c(s2)CN(C)CC3)C1. The summed E-state index contributed by atoms with van der Waals surface area (Å²) in [4.78, 5) is 48.6. The summed E-state index contributed by atoms with van der Waals surface area (Å²) in [6.07, 6.45) is 1.23. The number of carbonyl (C=O) groups is 3. The molecule has 184 valence electrons. The molecule has 35 heavy (non-hydrogen) atoms. The molecule has 3 unspecified atom stereocenters. The van der Waals surface area contributed by atoms with Crippen molar-refractivity contribution in [2.24, 2.45) is 0 Å². The molecule has 3 N–H and O–H groups in total. The van der Waals surface area contributed by atoms with Gasteiger partial charge in [-0.25, -0.2) is 4.98 Å². The Kier molecular flexibility index (Phi) is 6.52. The summed E-state index contributed by atoms with van der Waals surface area (Å²) < 4.78 is 5.40. The molecular weight excluding hydrogens is 490 g/mol. The van der Waals surface area contributed by atoms with Crippen LogP contribution in [0.15, 0.2) is 24.3 Å². The predicted molar refractivity (Wildman–Crippen MR) is 133 cm³/mol. The van der Waals surface area contributed by atoms with E-state index < -0.39 is 24.2 Å². The quantitative estimate of drug-likeness (QED) is 0.450. The number of hydrogen-bond acceptors (Lipinski definition) is 7. The van der Waals surface area contributed by atoms with Crippen molar-refractivity contribution in [2.75, 3.05) is 13.6 Å². The Morgan fingerprint density at radius 3 is 2.66 bits per heavy atom. The maximum Gasteiger partial charge on any atom is 0.302 e. The number of fused-ring (bicyclic) bond motifs is 2. The van der Waals surface area contributed by atoms with Gasteiger partial charge in [-0.2, -0.15) is 0 Å². The molecule has 2 amide bonds. The molecule has 2 aliphatic rings. The second kappa shape index (κ2) is 9.60. The van der Waals surface area contributed by atoms with E-state index in [1.54, 1.807) is 18.2 Å². The molecule has 0 saturated heterocycles. The number of carbonyl (C=O) groups excluding carboxylic acids is 3. The summed E-state index contributed by atoms with van der Waals surface area (Å²) in [6.45, 7) is 3.05. The molecule has 5 rings (SSSR count). The molecule has 1 aliphatic heterocycles. The van der Waals surface area contributed by atoms with Gasteiger partial charge in [0.05, 0.1) is 17.8 Å². The topological polar surface area (TPSA) is 116 Å². The third-order valence-corrected chi connectivity index (χ3v) is 7.74. The van der Waals surface area contributed by atoms with Crippen molar-refractivity contribution in [1.29, 1.82) is 0 Å². The van der Waals surface area contributed by atoms with Crippen molar-refractivity contribution in [1.82, 2.24) is 25.5 Å². The fourth-order valence-corrected chi connectivity index (χ4v) is 6.04. The predicted octanol–water partition coefficient (Wildman–Crippen LogP) is 2.89. The Labute approximate surface area is 211 Å². The molecule has 3 aromatic rings. The van der Waals surface area contributed by atoms with Gasteiger partial charge >= 0.3 is 5.97 Å². The van der Waals surface area contributed by atoms with Crippen molar-refractivity contribution in [3.05, 3.63) is 50.6 Å². The first kappa shape index (κ1) is 23.8. The second-order valence-electron chi connectivity index (χ2n) is 9.15. The second-order valence-corrected chi connectivity index (χ2v) is 10.7. The van der Waals surface area contributed by atoms with E-state index in [9.17, 15) is 14.4 Å². The van der Waals surface area contributed by atoms with Crippen molar-refractivity contribution >= 4 is 51.6 Å². The summed E-state index contributed by atoms with van der Waals surface area (Å²) in [5.74, 6) is -0.978. The molecule has 0 bridgehead atoms. The van der Waals surface area contributed by atoms with E-state index in [-0.39, 0.29) is 11.8 Å². The highest BCUT2D eigenvalue weighted by molar-refractivity contribution is 7.13. The molecule has 9 nitrogen and oxygen atoms in total. The molecule has 3 atom stereocenters. The standard InChI is InChI=1S/C24H26ClN5O4S/c1-12(31)34-15-9-18(27-22(32)20-8-13-7-14(25)3-4-16(13)26-20)19(10-15)28-23(33)24-29-17-5-6-30(2)11-21(17)35-24/h3-4,7-8,15,18-19,26H,5-6,9-11H2,1-2H3,(H,27,32)(H,28,33). The number of likely N-dealkylation sites (N-methyl/N-ethyl adjacent to an activating group) is 1. The summed E-state index contributed by atoms with van der Waals surface area (Å²) in [6, 6.07) is 6.27. The largest absolute Gasteiger partial charge is 0.462 e. The number of aromatic amines is 1. The van der Waals surface area contributed by atoms with E-state index in [1.807, 2.05) is 13.1 Å². The van der Waals surface area contributed by atoms with Crippen LogP contribution in [0.25, 0.3) is 10.9 Å². The minimum absolute atomic E-state index is 0.278. The van der Waals surface area contributed by atoms with Crippen LogP contribution >= 0.6 is 22.9 Å². The van der Waals surface area contributed by atoms with Crippen molar-refractivity contribution < 1.29 is 19.1 Å². The summed E-state index contributed by atoms with van der Waals surface area (Å²) in [5, 5.41) is 7.85. The van der Waals surface area contributed by atoms with Gasteiger partial charge in [-0.3, -0.25) is 14.4 Å². The van der Waals surface area contributed by atoms with Crippen molar-refractivity contribution in [2.45, 2.75) is 50.9 Å². The Bertz CT molecular complexity index is 1300. The van der Waals surface area contributed by atoms with Gasteiger partial charge in [0, 0.05) is 60.1 Å². The van der Waals surface area contributed by atoms with Crippen LogP contribution in [0.1, 0.15) is 50.6 Å². The van der Waals surface area contributed by atoms with Gasteiger partial charge < -0.3 is 25.3 Å². The summed E-state index contributed by atoms with van der Waals surface area (Å²) in [7, 11) is 2.05. The first-order valence-electron chi connectivity index (χ1n) is 11.5. The van der Waals surface area contributed by atoms with E-state index >= 15 is 0 Å². The number of hydrogen-bond donors (Lipinski definition) is 3. The van der Waals surface area contributed by atoms with E-state index in [0.29, 0.717) is 28.6 Å². The minimum atomic E-state index is -0.411. The number of thiazole rings is 1. The molecule has 1 aromatic carbocycles. The number of nitrogens with one attached hydrogen (secondary N) is 3. The molecule has 1 fully saturated rings. The lowest BCUT2D eigenvalue weighted by atomic mass is 10.1. The average molecular weight is 516 g/mol. The van der Waals surface area contributed by atoms with E-state index in [4.69, 9.17) is 16.3 Å². The highest BCUT2D eigenvalue weighted by atomic mass is 35.5. The van der Waals surface area contributed by atoms with Crippen LogP contribution < -0.4 is 10.6 Å². The molecule has 2 aromatic heterocycles. The number of ether oxygens (including phenoxy) is 1. The Morgan fingerprint density at radius 1 is 1.17 bits per heavy atom. The number of H-pyrrole nitrogens is 1. The van der Waals surface area contributed by atoms with Crippen molar-refractivity contribution in [3.63, 3.8) is 0 Å².